The van der Waals surface area contributed by atoms with Crippen LogP contribution in [0.15, 0.2) is 24.3 Å². The summed E-state index contributed by atoms with van der Waals surface area (Å²) in [5, 5.41) is 2.78. The minimum absolute atomic E-state index is 0.0182. The molecular weight excluding hydrogens is 480 g/mol. The van der Waals surface area contributed by atoms with Gasteiger partial charge in [-0.15, -0.1) is 0 Å². The highest BCUT2D eigenvalue weighted by molar-refractivity contribution is 7.96. The second-order valence-electron chi connectivity index (χ2n) is 10.1. The lowest BCUT2D eigenvalue weighted by atomic mass is 10.1. The Morgan fingerprint density at radius 3 is 2.58 bits per heavy atom. The molecule has 0 saturated carbocycles. The number of amides is 3. The number of fused-ring (bicyclic) bond motifs is 2. The van der Waals surface area contributed by atoms with Gasteiger partial charge in [0.1, 0.15) is 17.4 Å². The van der Waals surface area contributed by atoms with Gasteiger partial charge < -0.3 is 25.4 Å². The monoisotopic (exact) mass is 522 g/mol. The summed E-state index contributed by atoms with van der Waals surface area (Å²) in [6, 6.07) is 8.23. The van der Waals surface area contributed by atoms with Crippen molar-refractivity contribution >= 4 is 30.4 Å². The second kappa shape index (κ2) is 14.3. The van der Waals surface area contributed by atoms with Crippen LogP contribution in [-0.4, -0.2) is 77.3 Å². The quantitative estimate of drug-likeness (QED) is 0.452. The third-order valence-electron chi connectivity index (χ3n) is 6.21. The number of hydrogen-bond acceptors (Lipinski definition) is 7. The fourth-order valence-corrected chi connectivity index (χ4v) is 5.20. The lowest BCUT2D eigenvalue weighted by molar-refractivity contribution is -0.137. The number of benzene rings is 1. The minimum atomic E-state index is -0.572. The van der Waals surface area contributed by atoms with E-state index in [1.54, 1.807) is 11.9 Å². The Hall–Kier alpha value is -2.46. The molecule has 3 amide bonds. The molecule has 3 N–H and O–H groups in total. The van der Waals surface area contributed by atoms with Gasteiger partial charge in [0, 0.05) is 25.2 Å². The van der Waals surface area contributed by atoms with Gasteiger partial charge in [0.05, 0.1) is 6.61 Å². The third kappa shape index (κ3) is 9.20. The summed E-state index contributed by atoms with van der Waals surface area (Å²) in [5.74, 6) is 1.10. The summed E-state index contributed by atoms with van der Waals surface area (Å²) in [4.78, 5) is 35.7. The molecule has 4 rings (SSSR count). The first kappa shape index (κ1) is 29.8. The molecule has 10 heteroatoms. The van der Waals surface area contributed by atoms with Crippen LogP contribution in [0.4, 0.5) is 4.79 Å². The van der Waals surface area contributed by atoms with Crippen LogP contribution in [0.2, 0.25) is 0 Å². The first-order chi connectivity index (χ1) is 17.1. The van der Waals surface area contributed by atoms with E-state index in [2.05, 4.69) is 34.4 Å². The van der Waals surface area contributed by atoms with E-state index in [9.17, 15) is 9.59 Å². The van der Waals surface area contributed by atoms with Crippen molar-refractivity contribution in [2.24, 2.45) is 5.73 Å². The summed E-state index contributed by atoms with van der Waals surface area (Å²) in [7, 11) is 0. The lowest BCUT2D eigenvalue weighted by Crippen LogP contribution is -2.58. The summed E-state index contributed by atoms with van der Waals surface area (Å²) in [6.07, 6.45) is 7.15. The largest absolute Gasteiger partial charge is 0.493 e. The van der Waals surface area contributed by atoms with E-state index >= 15 is 0 Å². The molecule has 2 fully saturated rings. The Morgan fingerprint density at radius 1 is 1.25 bits per heavy atom. The van der Waals surface area contributed by atoms with Crippen LogP contribution in [-0.2, 0) is 20.7 Å². The third-order valence-corrected chi connectivity index (χ3v) is 7.05. The van der Waals surface area contributed by atoms with Crippen LogP contribution in [0.5, 0.6) is 5.75 Å². The van der Waals surface area contributed by atoms with E-state index in [-0.39, 0.29) is 24.4 Å². The molecule has 2 saturated heterocycles. The average Bonchev–Trinajstić information content (AvgIpc) is 3.19. The van der Waals surface area contributed by atoms with Gasteiger partial charge in [0.15, 0.2) is 0 Å². The summed E-state index contributed by atoms with van der Waals surface area (Å²) < 4.78 is 12.9. The standard InChI is InChI=1S/C16H29N3O3S.C9H10O.CH3NO/c1-11-6-7-12-8-9-18(23-5)10-13(14(20)19(11)12)17-15(21)22-16(2,3)4;1-2-6-9-8(4-1)5-3-7-10-9;2-1-3/h11-13H,6-10H2,1-5H3,(H,17,21);1-2,4,6H,3,5,7H2;1H,(H2,2,3). The molecule has 3 heterocycles. The number of carbonyl (C=O) groups is 3. The van der Waals surface area contributed by atoms with Gasteiger partial charge in [-0.05, 0) is 77.7 Å². The Morgan fingerprint density at radius 2 is 1.94 bits per heavy atom. The van der Waals surface area contributed by atoms with Crippen molar-refractivity contribution in [2.45, 2.75) is 83.5 Å². The zero-order valence-electron chi connectivity index (χ0n) is 22.2. The van der Waals surface area contributed by atoms with E-state index < -0.39 is 17.7 Å². The molecular formula is C26H42N4O5S. The van der Waals surface area contributed by atoms with Crippen molar-refractivity contribution in [3.05, 3.63) is 29.8 Å². The van der Waals surface area contributed by atoms with E-state index in [0.717, 1.165) is 44.6 Å². The maximum atomic E-state index is 13.0. The molecule has 202 valence electrons. The van der Waals surface area contributed by atoms with Gasteiger partial charge >= 0.3 is 6.09 Å². The highest BCUT2D eigenvalue weighted by Crippen LogP contribution is 2.29. The van der Waals surface area contributed by atoms with Crippen molar-refractivity contribution in [2.75, 3.05) is 26.0 Å². The summed E-state index contributed by atoms with van der Waals surface area (Å²) >= 11 is 1.62. The Balaban J connectivity index is 0.000000287. The van der Waals surface area contributed by atoms with E-state index in [0.29, 0.717) is 6.54 Å². The van der Waals surface area contributed by atoms with Gasteiger partial charge in [-0.1, -0.05) is 30.1 Å². The predicted octanol–water partition coefficient (Wildman–Crippen LogP) is 3.36. The molecule has 3 atom stereocenters. The molecule has 3 unspecified atom stereocenters. The highest BCUT2D eigenvalue weighted by Gasteiger charge is 2.40. The van der Waals surface area contributed by atoms with Crippen molar-refractivity contribution in [3.63, 3.8) is 0 Å². The van der Waals surface area contributed by atoms with Crippen LogP contribution in [0.1, 0.15) is 58.9 Å². The molecule has 1 aromatic rings. The van der Waals surface area contributed by atoms with E-state index in [1.165, 1.54) is 12.0 Å². The molecule has 36 heavy (non-hydrogen) atoms. The van der Waals surface area contributed by atoms with Gasteiger partial charge in [0.2, 0.25) is 12.3 Å². The number of nitrogens with one attached hydrogen (secondary N) is 1. The number of alkyl carbamates (subject to hydrolysis) is 1. The van der Waals surface area contributed by atoms with E-state index in [1.807, 2.05) is 44.1 Å². The average molecular weight is 523 g/mol. The van der Waals surface area contributed by atoms with Crippen LogP contribution in [0.3, 0.4) is 0 Å². The van der Waals surface area contributed by atoms with Crippen LogP contribution < -0.4 is 15.8 Å². The minimum Gasteiger partial charge on any atom is -0.493 e. The van der Waals surface area contributed by atoms with Gasteiger partial charge in [-0.25, -0.2) is 9.10 Å². The van der Waals surface area contributed by atoms with Gasteiger partial charge in [-0.3, -0.25) is 9.59 Å². The molecule has 0 aromatic heterocycles. The number of rotatable bonds is 2. The van der Waals surface area contributed by atoms with Gasteiger partial charge in [0.25, 0.3) is 0 Å². The Labute approximate surface area is 219 Å². The molecule has 0 aliphatic carbocycles. The number of nitrogens with two attached hydrogens (primary N) is 1. The maximum absolute atomic E-state index is 13.0. The molecule has 3 aliphatic heterocycles. The molecule has 0 bridgehead atoms. The number of ether oxygens (including phenoxy) is 2. The fourth-order valence-electron chi connectivity index (χ4n) is 4.62. The normalized spacial score (nSPS) is 23.6. The molecule has 3 aliphatic rings. The van der Waals surface area contributed by atoms with E-state index in [4.69, 9.17) is 14.3 Å². The van der Waals surface area contributed by atoms with Gasteiger partial charge in [-0.2, -0.15) is 0 Å². The van der Waals surface area contributed by atoms with Crippen molar-refractivity contribution in [1.82, 2.24) is 14.5 Å². The molecule has 9 nitrogen and oxygen atoms in total. The molecule has 0 spiro atoms. The smallest absolute Gasteiger partial charge is 0.408 e. The fraction of sp³-hybridized carbons (Fsp3) is 0.654. The van der Waals surface area contributed by atoms with Crippen LogP contribution >= 0.6 is 11.9 Å². The molecule has 1 aromatic carbocycles. The summed E-state index contributed by atoms with van der Waals surface area (Å²) in [5.41, 5.74) is 4.95. The zero-order valence-corrected chi connectivity index (χ0v) is 23.0. The summed E-state index contributed by atoms with van der Waals surface area (Å²) in [6.45, 7) is 9.87. The number of aryl methyl sites for hydroxylation is 1. The Bertz CT molecular complexity index is 838. The highest BCUT2D eigenvalue weighted by atomic mass is 32.2. The Kier molecular flexibility index (Phi) is 11.8. The van der Waals surface area contributed by atoms with Crippen molar-refractivity contribution < 1.29 is 23.9 Å². The maximum Gasteiger partial charge on any atom is 0.408 e. The second-order valence-corrected chi connectivity index (χ2v) is 11.0. The van der Waals surface area contributed by atoms with Crippen molar-refractivity contribution in [3.8, 4) is 5.75 Å². The first-order valence-corrected chi connectivity index (χ1v) is 13.7. The molecule has 0 radical (unpaired) electrons. The zero-order chi connectivity index (χ0) is 26.7. The SMILES string of the molecule is CSN1CCC2CCC(C)N2C(=O)C(NC(=O)OC(C)(C)C)C1.NC=O.c1ccc2c(c1)CCCO2. The number of nitrogens with zero attached hydrogens (tertiary/aromatic N) is 2. The predicted molar refractivity (Wildman–Crippen MR) is 143 cm³/mol. The number of hydrogen-bond donors (Lipinski definition) is 2. The topological polar surface area (TPSA) is 114 Å². The van der Waals surface area contributed by atoms with Crippen LogP contribution in [0.25, 0.3) is 0 Å². The van der Waals surface area contributed by atoms with Crippen LogP contribution in [0, 0.1) is 0 Å². The number of carbonyl (C=O) groups excluding carboxylic acids is 3. The first-order valence-electron chi connectivity index (χ1n) is 12.6. The van der Waals surface area contributed by atoms with Crippen molar-refractivity contribution in [1.29, 1.82) is 0 Å². The lowest BCUT2D eigenvalue weighted by Gasteiger charge is -2.37. The number of para-hydroxylation sites is 1. The number of primary amides is 1.